The predicted molar refractivity (Wildman–Crippen MR) is 115 cm³/mol. The summed E-state index contributed by atoms with van der Waals surface area (Å²) in [6.45, 7) is 11.5. The van der Waals surface area contributed by atoms with Gasteiger partial charge in [-0.15, -0.1) is 0 Å². The number of hydrogen-bond acceptors (Lipinski definition) is 3. The van der Waals surface area contributed by atoms with Gasteiger partial charge in [-0.2, -0.15) is 0 Å². The highest BCUT2D eigenvalue weighted by Gasteiger charge is 2.49. The van der Waals surface area contributed by atoms with Crippen LogP contribution in [0.25, 0.3) is 0 Å². The van der Waals surface area contributed by atoms with E-state index in [0.29, 0.717) is 18.4 Å². The van der Waals surface area contributed by atoms with Crippen molar-refractivity contribution in [2.45, 2.75) is 46.3 Å². The third-order valence-corrected chi connectivity index (χ3v) is 7.38. The van der Waals surface area contributed by atoms with Gasteiger partial charge in [-0.3, -0.25) is 0 Å². The summed E-state index contributed by atoms with van der Waals surface area (Å²) in [6.07, 6.45) is 0. The van der Waals surface area contributed by atoms with Crippen molar-refractivity contribution in [1.29, 1.82) is 0 Å². The second kappa shape index (κ2) is 8.54. The molecule has 1 atom stereocenters. The minimum absolute atomic E-state index is 0.00919. The van der Waals surface area contributed by atoms with Gasteiger partial charge in [0.15, 0.2) is 5.90 Å². The van der Waals surface area contributed by atoms with Crippen LogP contribution in [-0.2, 0) is 9.26 Å². The molecular formula is C23H30NO2P. The van der Waals surface area contributed by atoms with Crippen LogP contribution in [0.5, 0.6) is 0 Å². The molecular weight excluding hydrogens is 353 g/mol. The fraction of sp³-hybridized carbons (Fsp3) is 0.435. The van der Waals surface area contributed by atoms with Crippen molar-refractivity contribution in [3.63, 3.8) is 0 Å². The molecule has 0 saturated carbocycles. The van der Waals surface area contributed by atoms with Gasteiger partial charge in [0.1, 0.15) is 18.2 Å². The largest absolute Gasteiger partial charge is 0.479 e. The summed E-state index contributed by atoms with van der Waals surface area (Å²) >= 11 is 0. The molecule has 0 saturated heterocycles. The summed E-state index contributed by atoms with van der Waals surface area (Å²) in [6, 6.07) is 21.1. The Morgan fingerprint density at radius 2 is 1.41 bits per heavy atom. The molecule has 0 spiro atoms. The summed E-state index contributed by atoms with van der Waals surface area (Å²) in [5.41, 5.74) is -0.394. The van der Waals surface area contributed by atoms with E-state index in [1.807, 2.05) is 6.92 Å². The van der Waals surface area contributed by atoms with E-state index in [4.69, 9.17) is 14.3 Å². The highest BCUT2D eigenvalue weighted by molar-refractivity contribution is 7.68. The van der Waals surface area contributed by atoms with Gasteiger partial charge >= 0.3 is 0 Å². The first-order valence-electron chi connectivity index (χ1n) is 9.71. The number of nitrogens with zero attached hydrogens (tertiary/aromatic N) is 1. The molecule has 0 bridgehead atoms. The van der Waals surface area contributed by atoms with Crippen molar-refractivity contribution in [2.75, 3.05) is 6.61 Å². The molecule has 3 nitrogen and oxygen atoms in total. The van der Waals surface area contributed by atoms with Crippen molar-refractivity contribution in [3.8, 4) is 0 Å². The van der Waals surface area contributed by atoms with Crippen molar-refractivity contribution in [1.82, 2.24) is 0 Å². The first-order valence-corrected chi connectivity index (χ1v) is 11.0. The minimum Gasteiger partial charge on any atom is -0.479 e. The van der Waals surface area contributed by atoms with E-state index in [2.05, 4.69) is 88.4 Å². The van der Waals surface area contributed by atoms with Gasteiger partial charge < -0.3 is 9.26 Å². The van der Waals surface area contributed by atoms with Crippen LogP contribution in [0.1, 0.15) is 34.6 Å². The molecule has 1 aliphatic heterocycles. The SMILES string of the molecule is CC1=NC(C(OP(c2ccccc2)c2ccccc2)(C(C)C)C(C)C)CO1. The average Bonchev–Trinajstić information content (AvgIpc) is 3.10. The molecule has 4 heteroatoms. The average molecular weight is 383 g/mol. The van der Waals surface area contributed by atoms with Crippen LogP contribution in [0.4, 0.5) is 0 Å². The summed E-state index contributed by atoms with van der Waals surface area (Å²) in [4.78, 5) is 4.82. The summed E-state index contributed by atoms with van der Waals surface area (Å²) in [5, 5.41) is 2.45. The first-order chi connectivity index (χ1) is 12.9. The first kappa shape index (κ1) is 20.0. The molecule has 2 aromatic carbocycles. The molecule has 1 unspecified atom stereocenters. The molecule has 2 aromatic rings. The topological polar surface area (TPSA) is 30.8 Å². The normalized spacial score (nSPS) is 17.5. The van der Waals surface area contributed by atoms with Crippen molar-refractivity contribution < 1.29 is 9.26 Å². The van der Waals surface area contributed by atoms with Crippen molar-refractivity contribution in [2.24, 2.45) is 16.8 Å². The summed E-state index contributed by atoms with van der Waals surface area (Å²) in [7, 11) is -0.959. The molecule has 0 N–H and O–H groups in total. The Hall–Kier alpha value is -1.70. The van der Waals surface area contributed by atoms with E-state index in [0.717, 1.165) is 5.90 Å². The van der Waals surface area contributed by atoms with Gasteiger partial charge in [-0.05, 0) is 11.8 Å². The molecule has 0 radical (unpaired) electrons. The Labute approximate surface area is 164 Å². The molecule has 1 aliphatic rings. The summed E-state index contributed by atoms with van der Waals surface area (Å²) in [5.74, 6) is 1.37. The lowest BCUT2D eigenvalue weighted by molar-refractivity contribution is -0.0368. The highest BCUT2D eigenvalue weighted by Crippen LogP contribution is 2.48. The number of benzene rings is 2. The zero-order valence-corrected chi connectivity index (χ0v) is 17.8. The van der Waals surface area contributed by atoms with E-state index in [1.165, 1.54) is 10.6 Å². The lowest BCUT2D eigenvalue weighted by Gasteiger charge is -2.45. The fourth-order valence-electron chi connectivity index (χ4n) is 3.97. The monoisotopic (exact) mass is 383 g/mol. The Bertz CT molecular complexity index is 711. The van der Waals surface area contributed by atoms with E-state index >= 15 is 0 Å². The van der Waals surface area contributed by atoms with Gasteiger partial charge in [0, 0.05) is 17.5 Å². The van der Waals surface area contributed by atoms with Crippen LogP contribution in [0, 0.1) is 11.8 Å². The Kier molecular flexibility index (Phi) is 6.34. The molecule has 0 aliphatic carbocycles. The molecule has 0 amide bonds. The molecule has 3 rings (SSSR count). The van der Waals surface area contributed by atoms with Crippen LogP contribution in [0.2, 0.25) is 0 Å². The Balaban J connectivity index is 2.07. The van der Waals surface area contributed by atoms with Gasteiger partial charge in [-0.25, -0.2) is 4.99 Å². The zero-order valence-electron chi connectivity index (χ0n) is 16.9. The third kappa shape index (κ3) is 4.10. The van der Waals surface area contributed by atoms with Gasteiger partial charge in [0.05, 0.1) is 8.15 Å². The number of hydrogen-bond donors (Lipinski definition) is 0. The fourth-order valence-corrected chi connectivity index (χ4v) is 6.23. The maximum atomic E-state index is 7.14. The van der Waals surface area contributed by atoms with Gasteiger partial charge in [0.25, 0.3) is 0 Å². The van der Waals surface area contributed by atoms with E-state index < -0.39 is 13.7 Å². The van der Waals surface area contributed by atoms with Crippen LogP contribution in [0.15, 0.2) is 65.7 Å². The lowest BCUT2D eigenvalue weighted by atomic mass is 9.75. The Morgan fingerprint density at radius 3 is 1.78 bits per heavy atom. The van der Waals surface area contributed by atoms with Crippen molar-refractivity contribution >= 4 is 24.7 Å². The maximum Gasteiger partial charge on any atom is 0.180 e. The van der Waals surface area contributed by atoms with Gasteiger partial charge in [-0.1, -0.05) is 88.4 Å². The highest BCUT2D eigenvalue weighted by atomic mass is 31.1. The lowest BCUT2D eigenvalue weighted by Crippen LogP contribution is -2.53. The van der Waals surface area contributed by atoms with Gasteiger partial charge in [0.2, 0.25) is 0 Å². The molecule has 0 fully saturated rings. The minimum atomic E-state index is -0.959. The van der Waals surface area contributed by atoms with E-state index in [1.54, 1.807) is 0 Å². The van der Waals surface area contributed by atoms with Crippen LogP contribution >= 0.6 is 8.15 Å². The molecule has 1 heterocycles. The Morgan fingerprint density at radius 1 is 0.926 bits per heavy atom. The second-order valence-corrected chi connectivity index (χ2v) is 9.50. The maximum absolute atomic E-state index is 7.14. The standard InChI is InChI=1S/C23H30NO2P/c1-17(2)23(18(3)4,22-16-25-19(5)24-22)26-27(20-12-8-6-9-13-20)21-14-10-7-11-15-21/h6-15,17-18,22H,16H2,1-5H3. The molecule has 0 aromatic heterocycles. The summed E-state index contributed by atoms with van der Waals surface area (Å²) < 4.78 is 12.9. The second-order valence-electron chi connectivity index (χ2n) is 7.69. The number of rotatable bonds is 7. The predicted octanol–water partition coefficient (Wildman–Crippen LogP) is 4.92. The third-order valence-electron chi connectivity index (χ3n) is 5.34. The molecule has 144 valence electrons. The van der Waals surface area contributed by atoms with Crippen molar-refractivity contribution in [3.05, 3.63) is 60.7 Å². The van der Waals surface area contributed by atoms with Crippen LogP contribution in [-0.4, -0.2) is 24.1 Å². The van der Waals surface area contributed by atoms with Crippen LogP contribution < -0.4 is 10.6 Å². The number of aliphatic imine (C=N–C) groups is 1. The molecule has 27 heavy (non-hydrogen) atoms. The van der Waals surface area contributed by atoms with Crippen LogP contribution in [0.3, 0.4) is 0 Å². The zero-order chi connectivity index (χ0) is 19.4. The number of ether oxygens (including phenoxy) is 1. The van der Waals surface area contributed by atoms with E-state index in [-0.39, 0.29) is 6.04 Å². The van der Waals surface area contributed by atoms with E-state index in [9.17, 15) is 0 Å². The smallest absolute Gasteiger partial charge is 0.180 e. The quantitative estimate of drug-likeness (QED) is 0.636.